The molecule has 136 valence electrons. The first-order chi connectivity index (χ1) is 13.1. The van der Waals surface area contributed by atoms with Crippen LogP contribution in [0, 0.1) is 11.3 Å². The second-order valence-corrected chi connectivity index (χ2v) is 6.04. The highest BCUT2D eigenvalue weighted by Gasteiger charge is 2.18. The van der Waals surface area contributed by atoms with E-state index in [1.54, 1.807) is 47.2 Å². The lowest BCUT2D eigenvalue weighted by atomic mass is 10.1. The summed E-state index contributed by atoms with van der Waals surface area (Å²) >= 11 is 0. The fourth-order valence-corrected chi connectivity index (χ4v) is 2.56. The van der Waals surface area contributed by atoms with E-state index in [-0.39, 0.29) is 18.6 Å². The van der Waals surface area contributed by atoms with Gasteiger partial charge in [-0.2, -0.15) is 10.4 Å². The lowest BCUT2D eigenvalue weighted by molar-refractivity contribution is -0.134. The molecule has 7 heteroatoms. The summed E-state index contributed by atoms with van der Waals surface area (Å²) in [6.45, 7) is 1.90. The van der Waals surface area contributed by atoms with E-state index < -0.39 is 0 Å². The third kappa shape index (κ3) is 4.30. The number of carbonyl (C=O) groups excluding carboxylic acids is 1. The Bertz CT molecular complexity index is 928. The molecule has 1 aromatic heterocycles. The summed E-state index contributed by atoms with van der Waals surface area (Å²) in [5.74, 6) is 0.424. The molecule has 1 amide bonds. The lowest BCUT2D eigenvalue weighted by Crippen LogP contribution is -2.33. The summed E-state index contributed by atoms with van der Waals surface area (Å²) in [4.78, 5) is 18.0. The number of ether oxygens (including phenoxy) is 1. The summed E-state index contributed by atoms with van der Waals surface area (Å²) in [6, 6.07) is 16.4. The molecule has 7 nitrogen and oxygen atoms in total. The number of nitriles is 1. The summed E-state index contributed by atoms with van der Waals surface area (Å²) in [5, 5.41) is 12.9. The Morgan fingerprint density at radius 1 is 1.22 bits per heavy atom. The number of hydrogen-bond donors (Lipinski definition) is 0. The Morgan fingerprint density at radius 2 is 1.93 bits per heavy atom. The fraction of sp³-hybridized carbons (Fsp3) is 0.200. The Labute approximate surface area is 157 Å². The maximum atomic E-state index is 12.4. The molecule has 0 radical (unpaired) electrons. The standard InChI is InChI=1S/C20H19N5O2/c1-15(17-5-7-18(8-6-17)25-14-22-13-23-25)24(2)20(26)12-27-19-9-3-16(11-21)4-10-19/h3-10,13-15H,12H2,1-2H3/t15-/m0/s1. The highest BCUT2D eigenvalue weighted by molar-refractivity contribution is 5.78. The molecule has 0 unspecified atom stereocenters. The zero-order valence-corrected chi connectivity index (χ0v) is 15.1. The van der Waals surface area contributed by atoms with Crippen LogP contribution in [0.2, 0.25) is 0 Å². The molecule has 0 aliphatic heterocycles. The van der Waals surface area contributed by atoms with Gasteiger partial charge in [0.25, 0.3) is 5.91 Å². The van der Waals surface area contributed by atoms with Gasteiger partial charge in [0, 0.05) is 7.05 Å². The molecule has 1 atom stereocenters. The summed E-state index contributed by atoms with van der Waals surface area (Å²) in [5.41, 5.74) is 2.46. The Kier molecular flexibility index (Phi) is 5.47. The zero-order chi connectivity index (χ0) is 19.2. The number of benzene rings is 2. The van der Waals surface area contributed by atoms with Gasteiger partial charge in [-0.05, 0) is 48.9 Å². The van der Waals surface area contributed by atoms with Crippen LogP contribution in [0.4, 0.5) is 0 Å². The van der Waals surface area contributed by atoms with Crippen LogP contribution in [0.25, 0.3) is 5.69 Å². The first kappa shape index (κ1) is 18.1. The molecule has 0 aliphatic carbocycles. The van der Waals surface area contributed by atoms with E-state index in [1.807, 2.05) is 37.3 Å². The van der Waals surface area contributed by atoms with Crippen LogP contribution in [-0.2, 0) is 4.79 Å². The van der Waals surface area contributed by atoms with Crippen molar-refractivity contribution in [1.29, 1.82) is 5.26 Å². The molecule has 0 fully saturated rings. The smallest absolute Gasteiger partial charge is 0.260 e. The van der Waals surface area contributed by atoms with Crippen LogP contribution in [-0.4, -0.2) is 39.2 Å². The predicted octanol–water partition coefficient (Wildman–Crippen LogP) is 2.74. The zero-order valence-electron chi connectivity index (χ0n) is 15.1. The van der Waals surface area contributed by atoms with E-state index in [1.165, 1.54) is 6.33 Å². The maximum Gasteiger partial charge on any atom is 0.260 e. The van der Waals surface area contributed by atoms with Crippen molar-refractivity contribution in [3.8, 4) is 17.5 Å². The highest BCUT2D eigenvalue weighted by atomic mass is 16.5. The van der Waals surface area contributed by atoms with E-state index in [2.05, 4.69) is 10.1 Å². The van der Waals surface area contributed by atoms with Gasteiger partial charge in [-0.1, -0.05) is 12.1 Å². The first-order valence-electron chi connectivity index (χ1n) is 8.42. The van der Waals surface area contributed by atoms with Crippen molar-refractivity contribution in [3.05, 3.63) is 72.3 Å². The molecule has 1 heterocycles. The molecule has 0 saturated heterocycles. The normalized spacial score (nSPS) is 11.4. The molecule has 0 bridgehead atoms. The number of carbonyl (C=O) groups is 1. The topological polar surface area (TPSA) is 84.0 Å². The van der Waals surface area contributed by atoms with Crippen molar-refractivity contribution in [2.24, 2.45) is 0 Å². The second-order valence-electron chi connectivity index (χ2n) is 6.04. The number of amides is 1. The van der Waals surface area contributed by atoms with Crippen molar-refractivity contribution in [3.63, 3.8) is 0 Å². The summed E-state index contributed by atoms with van der Waals surface area (Å²) in [6.07, 6.45) is 3.12. The van der Waals surface area contributed by atoms with E-state index >= 15 is 0 Å². The Morgan fingerprint density at radius 3 is 2.52 bits per heavy atom. The van der Waals surface area contributed by atoms with E-state index in [0.717, 1.165) is 11.3 Å². The van der Waals surface area contributed by atoms with Gasteiger partial charge in [-0.3, -0.25) is 4.79 Å². The molecular weight excluding hydrogens is 342 g/mol. The minimum atomic E-state index is -0.132. The molecule has 3 aromatic rings. The largest absolute Gasteiger partial charge is 0.484 e. The SMILES string of the molecule is C[C@@H](c1ccc(-n2cncn2)cc1)N(C)C(=O)COc1ccc(C#N)cc1. The van der Waals surface area contributed by atoms with Gasteiger partial charge < -0.3 is 9.64 Å². The number of likely N-dealkylation sites (N-methyl/N-ethyl adjacent to an activating group) is 1. The van der Waals surface area contributed by atoms with Crippen molar-refractivity contribution < 1.29 is 9.53 Å². The average Bonchev–Trinajstić information content (AvgIpc) is 3.26. The number of aromatic nitrogens is 3. The molecule has 27 heavy (non-hydrogen) atoms. The van der Waals surface area contributed by atoms with Gasteiger partial charge in [-0.15, -0.1) is 0 Å². The van der Waals surface area contributed by atoms with Crippen molar-refractivity contribution in [1.82, 2.24) is 19.7 Å². The van der Waals surface area contributed by atoms with Gasteiger partial charge in [0.1, 0.15) is 18.4 Å². The summed E-state index contributed by atoms with van der Waals surface area (Å²) < 4.78 is 7.20. The van der Waals surface area contributed by atoms with E-state index in [0.29, 0.717) is 11.3 Å². The van der Waals surface area contributed by atoms with Crippen molar-refractivity contribution in [2.75, 3.05) is 13.7 Å². The quantitative estimate of drug-likeness (QED) is 0.674. The number of rotatable bonds is 6. The van der Waals surface area contributed by atoms with Crippen LogP contribution >= 0.6 is 0 Å². The van der Waals surface area contributed by atoms with Gasteiger partial charge in [0.2, 0.25) is 0 Å². The molecule has 0 aliphatic rings. The third-order valence-corrected chi connectivity index (χ3v) is 4.38. The first-order valence-corrected chi connectivity index (χ1v) is 8.42. The predicted molar refractivity (Wildman–Crippen MR) is 99.2 cm³/mol. The monoisotopic (exact) mass is 361 g/mol. The minimum absolute atomic E-state index is 0.0657. The van der Waals surface area contributed by atoms with Crippen molar-refractivity contribution >= 4 is 5.91 Å². The molecule has 0 spiro atoms. The van der Waals surface area contributed by atoms with Crippen LogP contribution in [0.1, 0.15) is 24.1 Å². The molecule has 0 saturated carbocycles. The highest BCUT2D eigenvalue weighted by Crippen LogP contribution is 2.21. The van der Waals surface area contributed by atoms with Gasteiger partial charge in [0.15, 0.2) is 6.61 Å². The van der Waals surface area contributed by atoms with Crippen LogP contribution < -0.4 is 4.74 Å². The minimum Gasteiger partial charge on any atom is -0.484 e. The third-order valence-electron chi connectivity index (χ3n) is 4.38. The lowest BCUT2D eigenvalue weighted by Gasteiger charge is -2.25. The molecule has 2 aromatic carbocycles. The second kappa shape index (κ2) is 8.15. The maximum absolute atomic E-state index is 12.4. The van der Waals surface area contributed by atoms with Gasteiger partial charge in [0.05, 0.1) is 23.4 Å². The van der Waals surface area contributed by atoms with E-state index in [9.17, 15) is 4.79 Å². The molecule has 3 rings (SSSR count). The van der Waals surface area contributed by atoms with Crippen LogP contribution in [0.5, 0.6) is 5.75 Å². The molecular formula is C20H19N5O2. The average molecular weight is 361 g/mol. The Hall–Kier alpha value is -3.66. The van der Waals surface area contributed by atoms with E-state index in [4.69, 9.17) is 10.00 Å². The Balaban J connectivity index is 1.59. The fourth-order valence-electron chi connectivity index (χ4n) is 2.56. The number of hydrogen-bond acceptors (Lipinski definition) is 5. The van der Waals surface area contributed by atoms with Crippen LogP contribution in [0.3, 0.4) is 0 Å². The van der Waals surface area contributed by atoms with Crippen LogP contribution in [0.15, 0.2) is 61.2 Å². The number of nitrogens with zero attached hydrogens (tertiary/aromatic N) is 5. The summed E-state index contributed by atoms with van der Waals surface area (Å²) in [7, 11) is 1.75. The van der Waals surface area contributed by atoms with Crippen molar-refractivity contribution in [2.45, 2.75) is 13.0 Å². The van der Waals surface area contributed by atoms with Gasteiger partial charge in [-0.25, -0.2) is 9.67 Å². The van der Waals surface area contributed by atoms with Gasteiger partial charge >= 0.3 is 0 Å². The molecule has 0 N–H and O–H groups in total.